The van der Waals surface area contributed by atoms with Crippen molar-refractivity contribution in [3.63, 3.8) is 0 Å². The molecule has 0 fully saturated rings. The van der Waals surface area contributed by atoms with Crippen LogP contribution < -0.4 is 14.9 Å². The molecule has 0 saturated carbocycles. The van der Waals surface area contributed by atoms with Gasteiger partial charge in [0.05, 0.1) is 35.4 Å². The summed E-state index contributed by atoms with van der Waals surface area (Å²) in [6, 6.07) is 6.76. The number of aromatic hydroxyl groups is 1. The predicted octanol–water partition coefficient (Wildman–Crippen LogP) is 2.84. The summed E-state index contributed by atoms with van der Waals surface area (Å²) >= 11 is 3.18. The highest BCUT2D eigenvalue weighted by Gasteiger charge is 2.17. The van der Waals surface area contributed by atoms with Gasteiger partial charge in [-0.3, -0.25) is 14.9 Å². The summed E-state index contributed by atoms with van der Waals surface area (Å²) in [5.74, 6) is -0.327. The molecular formula is C16H14BrN3O6. The maximum Gasteiger partial charge on any atom is 0.275 e. The molecular weight excluding hydrogens is 410 g/mol. The summed E-state index contributed by atoms with van der Waals surface area (Å²) in [5, 5.41) is 24.4. The third kappa shape index (κ3) is 4.28. The Morgan fingerprint density at radius 3 is 2.58 bits per heavy atom. The van der Waals surface area contributed by atoms with E-state index in [0.29, 0.717) is 10.0 Å². The summed E-state index contributed by atoms with van der Waals surface area (Å²) in [4.78, 5) is 22.5. The van der Waals surface area contributed by atoms with E-state index in [2.05, 4.69) is 26.5 Å². The minimum atomic E-state index is -0.674. The van der Waals surface area contributed by atoms with Gasteiger partial charge < -0.3 is 14.6 Å². The standard InChI is InChI=1S/C16H14BrN3O6/c1-25-13-4-3-10(20(23)24)7-11(13)16(22)19-18-8-9-5-12(17)15(21)14(6-9)26-2/h3-8,21H,1-2H3,(H,19,22)/b18-8-. The smallest absolute Gasteiger partial charge is 0.275 e. The Kier molecular flexibility index (Phi) is 6.12. The molecule has 26 heavy (non-hydrogen) atoms. The van der Waals surface area contributed by atoms with Crippen LogP contribution in [-0.2, 0) is 0 Å². The second-order valence-corrected chi connectivity index (χ2v) is 5.75. The van der Waals surface area contributed by atoms with Crippen molar-refractivity contribution in [2.24, 2.45) is 5.10 Å². The molecule has 2 aromatic carbocycles. The van der Waals surface area contributed by atoms with E-state index in [0.717, 1.165) is 6.07 Å². The Morgan fingerprint density at radius 2 is 1.96 bits per heavy atom. The highest BCUT2D eigenvalue weighted by molar-refractivity contribution is 9.10. The van der Waals surface area contributed by atoms with Crippen molar-refractivity contribution in [2.45, 2.75) is 0 Å². The van der Waals surface area contributed by atoms with Gasteiger partial charge in [0.15, 0.2) is 11.5 Å². The van der Waals surface area contributed by atoms with Crippen LogP contribution in [-0.4, -0.2) is 36.4 Å². The van der Waals surface area contributed by atoms with Crippen molar-refractivity contribution in [2.75, 3.05) is 14.2 Å². The number of ether oxygens (including phenoxy) is 2. The van der Waals surface area contributed by atoms with Crippen molar-refractivity contribution in [1.29, 1.82) is 0 Å². The zero-order valence-corrected chi connectivity index (χ0v) is 15.3. The molecule has 10 heteroatoms. The van der Waals surface area contributed by atoms with Crippen molar-refractivity contribution < 1.29 is 24.3 Å². The van der Waals surface area contributed by atoms with Crippen molar-refractivity contribution in [3.05, 3.63) is 56.0 Å². The van der Waals surface area contributed by atoms with Crippen LogP contribution in [0.4, 0.5) is 5.69 Å². The Balaban J connectivity index is 2.21. The number of carbonyl (C=O) groups excluding carboxylic acids is 1. The molecule has 2 aromatic rings. The number of halogens is 1. The first-order chi connectivity index (χ1) is 12.4. The summed E-state index contributed by atoms with van der Waals surface area (Å²) in [5.41, 5.74) is 2.54. The van der Waals surface area contributed by atoms with Crippen LogP contribution in [0.5, 0.6) is 17.2 Å². The fraction of sp³-hybridized carbons (Fsp3) is 0.125. The van der Waals surface area contributed by atoms with Crippen LogP contribution in [0, 0.1) is 10.1 Å². The molecule has 0 heterocycles. The molecule has 0 aliphatic rings. The summed E-state index contributed by atoms with van der Waals surface area (Å²) in [6.45, 7) is 0. The average Bonchev–Trinajstić information content (AvgIpc) is 2.63. The van der Waals surface area contributed by atoms with Crippen LogP contribution in [0.1, 0.15) is 15.9 Å². The highest BCUT2D eigenvalue weighted by Crippen LogP contribution is 2.34. The first-order valence-electron chi connectivity index (χ1n) is 7.09. The SMILES string of the molecule is COc1ccc([N+](=O)[O-])cc1C(=O)N/N=C\c1cc(Br)c(O)c(OC)c1. The van der Waals surface area contributed by atoms with Gasteiger partial charge in [-0.05, 0) is 39.7 Å². The van der Waals surface area contributed by atoms with Crippen molar-refractivity contribution in [1.82, 2.24) is 5.43 Å². The average molecular weight is 424 g/mol. The number of hydrazone groups is 1. The van der Waals surface area contributed by atoms with Gasteiger partial charge in [0.2, 0.25) is 0 Å². The van der Waals surface area contributed by atoms with Gasteiger partial charge in [0.1, 0.15) is 5.75 Å². The third-order valence-corrected chi connectivity index (χ3v) is 3.89. The number of hydrogen-bond donors (Lipinski definition) is 2. The summed E-state index contributed by atoms with van der Waals surface area (Å²) in [7, 11) is 2.75. The number of nitro groups is 1. The number of non-ortho nitro benzene ring substituents is 1. The van der Waals surface area contributed by atoms with Crippen LogP contribution in [0.25, 0.3) is 0 Å². The lowest BCUT2D eigenvalue weighted by Crippen LogP contribution is -2.18. The van der Waals surface area contributed by atoms with Gasteiger partial charge in [-0.25, -0.2) is 5.43 Å². The van der Waals surface area contributed by atoms with Gasteiger partial charge in [0.25, 0.3) is 11.6 Å². The molecule has 2 rings (SSSR count). The number of hydrogen-bond acceptors (Lipinski definition) is 7. The number of nitrogens with zero attached hydrogens (tertiary/aromatic N) is 2. The fourth-order valence-electron chi connectivity index (χ4n) is 2.04. The summed E-state index contributed by atoms with van der Waals surface area (Å²) < 4.78 is 10.5. The van der Waals surface area contributed by atoms with Crippen LogP contribution in [0.3, 0.4) is 0 Å². The minimum Gasteiger partial charge on any atom is -0.503 e. The molecule has 0 saturated heterocycles. The lowest BCUT2D eigenvalue weighted by Gasteiger charge is -2.07. The van der Waals surface area contributed by atoms with E-state index in [1.807, 2.05) is 0 Å². The minimum absolute atomic E-state index is 0.0247. The Hall–Kier alpha value is -3.14. The molecule has 0 bridgehead atoms. The molecule has 136 valence electrons. The van der Waals surface area contributed by atoms with Gasteiger partial charge in [-0.1, -0.05) is 0 Å². The Morgan fingerprint density at radius 1 is 1.27 bits per heavy atom. The van der Waals surface area contributed by atoms with E-state index in [4.69, 9.17) is 9.47 Å². The molecule has 0 atom stereocenters. The largest absolute Gasteiger partial charge is 0.503 e. The number of methoxy groups -OCH3 is 2. The number of nitrogens with one attached hydrogen (secondary N) is 1. The Bertz CT molecular complexity index is 885. The van der Waals surface area contributed by atoms with Crippen LogP contribution >= 0.6 is 15.9 Å². The van der Waals surface area contributed by atoms with E-state index in [1.54, 1.807) is 6.07 Å². The van der Waals surface area contributed by atoms with Gasteiger partial charge in [-0.2, -0.15) is 5.10 Å². The third-order valence-electron chi connectivity index (χ3n) is 3.29. The van der Waals surface area contributed by atoms with Gasteiger partial charge in [0, 0.05) is 12.1 Å². The number of carbonyl (C=O) groups is 1. The van der Waals surface area contributed by atoms with Crippen molar-refractivity contribution in [3.8, 4) is 17.2 Å². The molecule has 1 amide bonds. The summed E-state index contributed by atoms with van der Waals surface area (Å²) in [6.07, 6.45) is 1.33. The van der Waals surface area contributed by atoms with E-state index in [1.165, 1.54) is 38.6 Å². The molecule has 0 radical (unpaired) electrons. The van der Waals surface area contributed by atoms with Gasteiger partial charge in [-0.15, -0.1) is 0 Å². The molecule has 0 unspecified atom stereocenters. The number of amides is 1. The maximum absolute atomic E-state index is 12.2. The fourth-order valence-corrected chi connectivity index (χ4v) is 2.50. The first-order valence-corrected chi connectivity index (χ1v) is 7.89. The van der Waals surface area contributed by atoms with Crippen molar-refractivity contribution >= 4 is 33.7 Å². The highest BCUT2D eigenvalue weighted by atomic mass is 79.9. The van der Waals surface area contributed by atoms with E-state index >= 15 is 0 Å². The molecule has 0 spiro atoms. The molecule has 2 N–H and O–H groups in total. The molecule has 0 aliphatic heterocycles. The number of phenolic OH excluding ortho intramolecular Hbond substituents is 1. The zero-order valence-electron chi connectivity index (χ0n) is 13.7. The van der Waals surface area contributed by atoms with E-state index in [-0.39, 0.29) is 28.5 Å². The van der Waals surface area contributed by atoms with Crippen LogP contribution in [0.15, 0.2) is 39.9 Å². The second kappa shape index (κ2) is 8.30. The first kappa shape index (κ1) is 19.2. The normalized spacial score (nSPS) is 10.6. The second-order valence-electron chi connectivity index (χ2n) is 4.89. The molecule has 9 nitrogen and oxygen atoms in total. The van der Waals surface area contributed by atoms with E-state index in [9.17, 15) is 20.0 Å². The predicted molar refractivity (Wildman–Crippen MR) is 97.1 cm³/mol. The number of benzene rings is 2. The molecule has 0 aromatic heterocycles. The number of phenols is 1. The molecule has 0 aliphatic carbocycles. The lowest BCUT2D eigenvalue weighted by molar-refractivity contribution is -0.384. The van der Waals surface area contributed by atoms with Crippen LogP contribution in [0.2, 0.25) is 0 Å². The Labute approximate surface area is 156 Å². The number of rotatable bonds is 6. The van der Waals surface area contributed by atoms with E-state index < -0.39 is 10.8 Å². The van der Waals surface area contributed by atoms with Gasteiger partial charge >= 0.3 is 0 Å². The lowest BCUT2D eigenvalue weighted by atomic mass is 10.1. The number of nitro benzene ring substituents is 1. The zero-order chi connectivity index (χ0) is 19.3. The topological polar surface area (TPSA) is 123 Å². The quantitative estimate of drug-likeness (QED) is 0.418. The monoisotopic (exact) mass is 423 g/mol. The maximum atomic E-state index is 12.2.